The van der Waals surface area contributed by atoms with Crippen molar-refractivity contribution in [2.24, 2.45) is 0 Å². The van der Waals surface area contributed by atoms with Crippen LogP contribution in [0.5, 0.6) is 5.88 Å². The molecule has 0 aliphatic carbocycles. The summed E-state index contributed by atoms with van der Waals surface area (Å²) in [5, 5.41) is 0.118. The summed E-state index contributed by atoms with van der Waals surface area (Å²) in [4.78, 5) is 16.6. The summed E-state index contributed by atoms with van der Waals surface area (Å²) in [5.74, 6) is 0.406. The maximum absolute atomic E-state index is 5.81. The quantitative estimate of drug-likeness (QED) is 0.683. The number of aromatic nitrogens is 5. The molecule has 0 fully saturated rings. The second-order valence-electron chi connectivity index (χ2n) is 3.87. The van der Waals surface area contributed by atoms with E-state index in [4.69, 9.17) is 16.3 Å². The first-order valence-electron chi connectivity index (χ1n) is 5.60. The van der Waals surface area contributed by atoms with Gasteiger partial charge >= 0.3 is 0 Å². The zero-order valence-electron chi connectivity index (χ0n) is 10.1. The molecule has 19 heavy (non-hydrogen) atoms. The number of pyridine rings is 1. The largest absolute Gasteiger partial charge is 0.479 e. The van der Waals surface area contributed by atoms with Crippen molar-refractivity contribution >= 4 is 22.8 Å². The van der Waals surface area contributed by atoms with Gasteiger partial charge in [0.1, 0.15) is 0 Å². The van der Waals surface area contributed by atoms with Gasteiger partial charge in [0, 0.05) is 6.20 Å². The Kier molecular flexibility index (Phi) is 3.00. The third-order valence-electron chi connectivity index (χ3n) is 2.66. The van der Waals surface area contributed by atoms with E-state index in [0.717, 1.165) is 5.69 Å². The Hall–Kier alpha value is -2.21. The minimum atomic E-state index is 0.118. The molecule has 0 aliphatic rings. The lowest BCUT2D eigenvalue weighted by Crippen LogP contribution is -2.02. The van der Waals surface area contributed by atoms with E-state index in [1.54, 1.807) is 12.5 Å². The van der Waals surface area contributed by atoms with Crippen LogP contribution in [-0.2, 0) is 6.54 Å². The fraction of sp³-hybridized carbons (Fsp3) is 0.167. The van der Waals surface area contributed by atoms with E-state index in [0.29, 0.717) is 23.6 Å². The Bertz CT molecular complexity index is 713. The summed E-state index contributed by atoms with van der Waals surface area (Å²) >= 11 is 5.81. The van der Waals surface area contributed by atoms with Crippen molar-refractivity contribution in [3.05, 3.63) is 41.7 Å². The number of rotatable bonds is 3. The van der Waals surface area contributed by atoms with Gasteiger partial charge in [0.2, 0.25) is 11.2 Å². The first kappa shape index (κ1) is 11.9. The van der Waals surface area contributed by atoms with Crippen LogP contribution < -0.4 is 4.74 Å². The first-order chi connectivity index (χ1) is 9.28. The SMILES string of the molecule is COc1nc(Cl)nc2ncn(Cc3ccccn3)c12. The van der Waals surface area contributed by atoms with Crippen LogP contribution in [0.3, 0.4) is 0 Å². The zero-order valence-corrected chi connectivity index (χ0v) is 10.9. The summed E-state index contributed by atoms with van der Waals surface area (Å²) in [6, 6.07) is 5.75. The molecule has 3 aromatic heterocycles. The molecule has 0 spiro atoms. The molecule has 7 heteroatoms. The lowest BCUT2D eigenvalue weighted by molar-refractivity contribution is 0.400. The van der Waals surface area contributed by atoms with Gasteiger partial charge in [0.25, 0.3) is 0 Å². The number of fused-ring (bicyclic) bond motifs is 1. The molecule has 0 aliphatic heterocycles. The molecule has 3 heterocycles. The summed E-state index contributed by atoms with van der Waals surface area (Å²) < 4.78 is 7.11. The van der Waals surface area contributed by atoms with Gasteiger partial charge in [-0.1, -0.05) is 6.07 Å². The van der Waals surface area contributed by atoms with Gasteiger partial charge in [-0.05, 0) is 23.7 Å². The van der Waals surface area contributed by atoms with Crippen molar-refractivity contribution in [3.8, 4) is 5.88 Å². The molecule has 3 rings (SSSR count). The van der Waals surface area contributed by atoms with Gasteiger partial charge in [-0.15, -0.1) is 0 Å². The van der Waals surface area contributed by atoms with Crippen molar-refractivity contribution in [1.29, 1.82) is 0 Å². The highest BCUT2D eigenvalue weighted by atomic mass is 35.5. The normalized spacial score (nSPS) is 10.8. The van der Waals surface area contributed by atoms with Crippen LogP contribution in [0.4, 0.5) is 0 Å². The summed E-state index contributed by atoms with van der Waals surface area (Å²) in [5.41, 5.74) is 2.13. The molecule has 0 saturated heterocycles. The number of nitrogens with zero attached hydrogens (tertiary/aromatic N) is 5. The topological polar surface area (TPSA) is 65.7 Å². The van der Waals surface area contributed by atoms with Gasteiger partial charge in [0.05, 0.1) is 25.7 Å². The van der Waals surface area contributed by atoms with Crippen molar-refractivity contribution in [1.82, 2.24) is 24.5 Å². The summed E-state index contributed by atoms with van der Waals surface area (Å²) in [7, 11) is 1.54. The van der Waals surface area contributed by atoms with Crippen LogP contribution in [0.1, 0.15) is 5.69 Å². The van der Waals surface area contributed by atoms with E-state index < -0.39 is 0 Å². The van der Waals surface area contributed by atoms with Crippen molar-refractivity contribution in [3.63, 3.8) is 0 Å². The van der Waals surface area contributed by atoms with Crippen LogP contribution in [0.2, 0.25) is 5.28 Å². The van der Waals surface area contributed by atoms with Crippen molar-refractivity contribution in [2.75, 3.05) is 7.11 Å². The molecular weight excluding hydrogens is 266 g/mol. The lowest BCUT2D eigenvalue weighted by Gasteiger charge is -2.06. The maximum atomic E-state index is 5.81. The smallest absolute Gasteiger partial charge is 0.244 e. The number of hydrogen-bond acceptors (Lipinski definition) is 5. The number of imidazole rings is 1. The van der Waals surface area contributed by atoms with Crippen LogP contribution in [-0.4, -0.2) is 31.6 Å². The van der Waals surface area contributed by atoms with Crippen LogP contribution in [0.15, 0.2) is 30.7 Å². The molecule has 0 unspecified atom stereocenters. The minimum absolute atomic E-state index is 0.118. The molecule has 0 aromatic carbocycles. The maximum Gasteiger partial charge on any atom is 0.244 e. The Morgan fingerprint density at radius 3 is 2.89 bits per heavy atom. The third kappa shape index (κ3) is 2.22. The average molecular weight is 276 g/mol. The molecule has 0 N–H and O–H groups in total. The van der Waals surface area contributed by atoms with Gasteiger partial charge < -0.3 is 9.30 Å². The molecule has 0 amide bonds. The number of halogens is 1. The predicted molar refractivity (Wildman–Crippen MR) is 70.2 cm³/mol. The van der Waals surface area contributed by atoms with E-state index in [9.17, 15) is 0 Å². The second-order valence-corrected chi connectivity index (χ2v) is 4.21. The van der Waals surface area contributed by atoms with Crippen LogP contribution >= 0.6 is 11.6 Å². The fourth-order valence-corrected chi connectivity index (χ4v) is 2.01. The summed E-state index contributed by atoms with van der Waals surface area (Å²) in [6.45, 7) is 0.568. The minimum Gasteiger partial charge on any atom is -0.479 e. The van der Waals surface area contributed by atoms with Crippen molar-refractivity contribution < 1.29 is 4.74 Å². The molecule has 3 aromatic rings. The van der Waals surface area contributed by atoms with Crippen molar-refractivity contribution in [2.45, 2.75) is 6.54 Å². The van der Waals surface area contributed by atoms with E-state index in [1.807, 2.05) is 22.8 Å². The highest BCUT2D eigenvalue weighted by Crippen LogP contribution is 2.23. The van der Waals surface area contributed by atoms with E-state index in [-0.39, 0.29) is 5.28 Å². The predicted octanol–water partition coefficient (Wildman–Crippen LogP) is 1.93. The lowest BCUT2D eigenvalue weighted by atomic mass is 10.3. The molecule has 0 atom stereocenters. The number of ether oxygens (including phenoxy) is 1. The van der Waals surface area contributed by atoms with Gasteiger partial charge in [-0.25, -0.2) is 4.98 Å². The number of hydrogen-bond donors (Lipinski definition) is 0. The molecule has 0 bridgehead atoms. The zero-order chi connectivity index (χ0) is 13.2. The third-order valence-corrected chi connectivity index (χ3v) is 2.83. The molecule has 0 saturated carbocycles. The Morgan fingerprint density at radius 1 is 1.26 bits per heavy atom. The van der Waals surface area contributed by atoms with Gasteiger partial charge in [-0.2, -0.15) is 9.97 Å². The monoisotopic (exact) mass is 275 g/mol. The van der Waals surface area contributed by atoms with Gasteiger partial charge in [-0.3, -0.25) is 4.98 Å². The highest BCUT2D eigenvalue weighted by Gasteiger charge is 2.13. The van der Waals surface area contributed by atoms with E-state index >= 15 is 0 Å². The Morgan fingerprint density at radius 2 is 2.16 bits per heavy atom. The van der Waals surface area contributed by atoms with Gasteiger partial charge in [0.15, 0.2) is 11.2 Å². The Labute approximate surface area is 114 Å². The molecule has 6 nitrogen and oxygen atoms in total. The van der Waals surface area contributed by atoms with E-state index in [2.05, 4.69) is 19.9 Å². The van der Waals surface area contributed by atoms with E-state index in [1.165, 1.54) is 7.11 Å². The fourth-order valence-electron chi connectivity index (χ4n) is 1.85. The molecule has 0 radical (unpaired) electrons. The summed E-state index contributed by atoms with van der Waals surface area (Å²) in [6.07, 6.45) is 3.42. The molecule has 96 valence electrons. The van der Waals surface area contributed by atoms with Crippen LogP contribution in [0.25, 0.3) is 11.2 Å². The standard InChI is InChI=1S/C12H10ClN5O/c1-19-11-9-10(16-12(13)17-11)15-7-18(9)6-8-4-2-3-5-14-8/h2-5,7H,6H2,1H3. The highest BCUT2D eigenvalue weighted by molar-refractivity contribution is 6.28. The number of methoxy groups -OCH3 is 1. The van der Waals surface area contributed by atoms with Crippen LogP contribution in [0, 0.1) is 0 Å². The molecular formula is C12H10ClN5O. The Balaban J connectivity index is 2.10. The first-order valence-corrected chi connectivity index (χ1v) is 5.98. The second kappa shape index (κ2) is 4.81. The average Bonchev–Trinajstić information content (AvgIpc) is 2.82.